The summed E-state index contributed by atoms with van der Waals surface area (Å²) in [5, 5.41) is 0.855. The summed E-state index contributed by atoms with van der Waals surface area (Å²) in [7, 11) is 3.35. The molecule has 1 N–H and O–H groups in total. The Morgan fingerprint density at radius 1 is 1.16 bits per heavy atom. The highest BCUT2D eigenvalue weighted by Gasteiger charge is 2.10. The van der Waals surface area contributed by atoms with Crippen LogP contribution < -0.4 is 9.74 Å². The van der Waals surface area contributed by atoms with Crippen LogP contribution >= 0.6 is 0 Å². The van der Waals surface area contributed by atoms with Gasteiger partial charge in [0.15, 0.2) is 0 Å². The number of benzene rings is 1. The minimum atomic E-state index is -1.52. The molecule has 1 heterocycles. The molecule has 2 aromatic rings. The molecule has 1 aromatic carbocycles. The number of hydrogen-bond donors (Lipinski definition) is 1. The zero-order valence-electron chi connectivity index (χ0n) is 11.3. The highest BCUT2D eigenvalue weighted by molar-refractivity contribution is 7.78. The van der Waals surface area contributed by atoms with Gasteiger partial charge >= 0.3 is 0 Å². The first kappa shape index (κ1) is 13.8. The van der Waals surface area contributed by atoms with Crippen LogP contribution in [0.1, 0.15) is 11.1 Å². The normalized spacial score (nSPS) is 12.9. The van der Waals surface area contributed by atoms with Gasteiger partial charge in [-0.25, -0.2) is 0 Å². The fourth-order valence-corrected chi connectivity index (χ4v) is 2.17. The van der Waals surface area contributed by atoms with Crippen LogP contribution in [0.25, 0.3) is 10.9 Å². The van der Waals surface area contributed by atoms with Gasteiger partial charge in [-0.15, -0.1) is 0 Å². The van der Waals surface area contributed by atoms with E-state index in [9.17, 15) is 9.00 Å². The monoisotopic (exact) mass is 280 g/mol. The quantitative estimate of drug-likeness (QED) is 0.930. The maximum atomic E-state index is 11.7. The van der Waals surface area contributed by atoms with Crippen molar-refractivity contribution in [3.8, 4) is 5.75 Å². The van der Waals surface area contributed by atoms with E-state index in [0.29, 0.717) is 11.3 Å². The molecule has 1 atom stereocenters. The zero-order chi connectivity index (χ0) is 14.2. The van der Waals surface area contributed by atoms with Crippen molar-refractivity contribution < 1.29 is 8.39 Å². The number of aromatic nitrogens is 1. The molecule has 5 nitrogen and oxygen atoms in total. The van der Waals surface area contributed by atoms with Crippen molar-refractivity contribution in [2.24, 2.45) is 0 Å². The van der Waals surface area contributed by atoms with Gasteiger partial charge in [-0.2, -0.15) is 8.51 Å². The molecule has 1 unspecified atom stereocenters. The number of aryl methyl sites for hydroxylation is 2. The molecule has 0 radical (unpaired) electrons. The first-order chi connectivity index (χ1) is 8.88. The van der Waals surface area contributed by atoms with Gasteiger partial charge in [-0.05, 0) is 37.6 Å². The van der Waals surface area contributed by atoms with Gasteiger partial charge in [0.2, 0.25) is 0 Å². The van der Waals surface area contributed by atoms with E-state index in [0.717, 1.165) is 16.5 Å². The molecular formula is C13H16N2O3S. The fraction of sp³-hybridized carbons (Fsp3) is 0.308. The summed E-state index contributed by atoms with van der Waals surface area (Å²) in [4.78, 5) is 14.4. The number of nitrogens with zero attached hydrogens (tertiary/aromatic N) is 1. The fourth-order valence-electron chi connectivity index (χ4n) is 1.69. The molecule has 0 amide bonds. The van der Waals surface area contributed by atoms with Gasteiger partial charge in [0, 0.05) is 30.6 Å². The summed E-state index contributed by atoms with van der Waals surface area (Å²) in [6.45, 7) is 3.59. The van der Waals surface area contributed by atoms with Gasteiger partial charge in [0.25, 0.3) is 16.8 Å². The van der Waals surface area contributed by atoms with Gasteiger partial charge < -0.3 is 9.17 Å². The van der Waals surface area contributed by atoms with E-state index in [1.807, 2.05) is 13.0 Å². The van der Waals surface area contributed by atoms with E-state index in [1.165, 1.54) is 4.31 Å². The number of pyridine rings is 1. The largest absolute Gasteiger partial charge is 0.389 e. The van der Waals surface area contributed by atoms with E-state index >= 15 is 0 Å². The molecule has 0 fully saturated rings. The van der Waals surface area contributed by atoms with Crippen LogP contribution in [0.15, 0.2) is 23.0 Å². The molecule has 6 heteroatoms. The van der Waals surface area contributed by atoms with Crippen LogP contribution in [0.3, 0.4) is 0 Å². The minimum Gasteiger partial charge on any atom is -0.389 e. The molecule has 0 saturated heterocycles. The van der Waals surface area contributed by atoms with Gasteiger partial charge in [0.05, 0.1) is 0 Å². The Kier molecular flexibility index (Phi) is 3.73. The van der Waals surface area contributed by atoms with E-state index in [4.69, 9.17) is 4.18 Å². The molecule has 2 rings (SSSR count). The topological polar surface area (TPSA) is 62.4 Å². The number of nitrogens with one attached hydrogen (secondary N) is 1. The standard InChI is InChI=1S/C13H16N2O3S/c1-8-6-11-10(5-9(2)13(16)14-11)7-12(8)18-19(17)15(3)4/h5-7H,1-4H3,(H,14,16). The first-order valence-corrected chi connectivity index (χ1v) is 6.83. The Bertz CT molecular complexity index is 707. The lowest BCUT2D eigenvalue weighted by atomic mass is 10.1. The lowest BCUT2D eigenvalue weighted by molar-refractivity contribution is 0.492. The zero-order valence-corrected chi connectivity index (χ0v) is 12.1. The van der Waals surface area contributed by atoms with Crippen LogP contribution in [0.5, 0.6) is 5.75 Å². The Hall–Kier alpha value is -1.66. The third-order valence-electron chi connectivity index (χ3n) is 2.78. The average Bonchev–Trinajstić information content (AvgIpc) is 2.32. The van der Waals surface area contributed by atoms with Crippen molar-refractivity contribution in [1.29, 1.82) is 0 Å². The van der Waals surface area contributed by atoms with E-state index < -0.39 is 11.3 Å². The summed E-state index contributed by atoms with van der Waals surface area (Å²) in [6.07, 6.45) is 0. The molecule has 0 aliphatic carbocycles. The summed E-state index contributed by atoms with van der Waals surface area (Å²) in [6, 6.07) is 5.40. The van der Waals surface area contributed by atoms with E-state index in [1.54, 1.807) is 33.2 Å². The first-order valence-electron chi connectivity index (χ1n) is 5.80. The van der Waals surface area contributed by atoms with Crippen molar-refractivity contribution in [2.45, 2.75) is 13.8 Å². The smallest absolute Gasteiger partial charge is 0.290 e. The minimum absolute atomic E-state index is 0.0996. The number of hydrogen-bond acceptors (Lipinski definition) is 3. The molecule has 0 bridgehead atoms. The van der Waals surface area contributed by atoms with Crippen molar-refractivity contribution in [2.75, 3.05) is 14.1 Å². The van der Waals surface area contributed by atoms with Gasteiger partial charge in [-0.3, -0.25) is 4.79 Å². The number of rotatable bonds is 3. The number of H-pyrrole nitrogens is 1. The maximum absolute atomic E-state index is 11.7. The van der Waals surface area contributed by atoms with Crippen LogP contribution in [0, 0.1) is 13.8 Å². The van der Waals surface area contributed by atoms with E-state index in [-0.39, 0.29) is 5.56 Å². The molecule has 0 aliphatic heterocycles. The Morgan fingerprint density at radius 3 is 2.47 bits per heavy atom. The highest BCUT2D eigenvalue weighted by Crippen LogP contribution is 2.25. The Morgan fingerprint density at radius 2 is 1.84 bits per heavy atom. The molecule has 0 aliphatic rings. The molecule has 0 spiro atoms. The average molecular weight is 280 g/mol. The molecular weight excluding hydrogens is 264 g/mol. The predicted molar refractivity (Wildman–Crippen MR) is 76.5 cm³/mol. The highest BCUT2D eigenvalue weighted by atomic mass is 32.2. The Balaban J connectivity index is 2.52. The van der Waals surface area contributed by atoms with Crippen molar-refractivity contribution >= 4 is 22.2 Å². The summed E-state index contributed by atoms with van der Waals surface area (Å²) in [5.74, 6) is 0.547. The summed E-state index contributed by atoms with van der Waals surface area (Å²) < 4.78 is 18.5. The third-order valence-corrected chi connectivity index (χ3v) is 3.70. The molecule has 102 valence electrons. The van der Waals surface area contributed by atoms with Crippen LogP contribution in [0.4, 0.5) is 0 Å². The maximum Gasteiger partial charge on any atom is 0.290 e. The SMILES string of the molecule is Cc1cc2[nH]c(=O)c(C)cc2cc1OS(=O)N(C)C. The summed E-state index contributed by atoms with van der Waals surface area (Å²) >= 11 is -1.52. The second-order valence-electron chi connectivity index (χ2n) is 4.60. The number of aromatic amines is 1. The Labute approximate surface area is 114 Å². The second-order valence-corrected chi connectivity index (χ2v) is 5.93. The van der Waals surface area contributed by atoms with Gasteiger partial charge in [-0.1, -0.05) is 0 Å². The lowest BCUT2D eigenvalue weighted by Gasteiger charge is -2.12. The van der Waals surface area contributed by atoms with Crippen LogP contribution in [0.2, 0.25) is 0 Å². The van der Waals surface area contributed by atoms with Gasteiger partial charge in [0.1, 0.15) is 5.75 Å². The summed E-state index contributed by atoms with van der Waals surface area (Å²) in [5.41, 5.74) is 2.10. The van der Waals surface area contributed by atoms with Crippen LogP contribution in [-0.4, -0.2) is 27.6 Å². The third kappa shape index (κ3) is 2.85. The lowest BCUT2D eigenvalue weighted by Crippen LogP contribution is -2.20. The van der Waals surface area contributed by atoms with Crippen molar-refractivity contribution in [1.82, 2.24) is 9.29 Å². The molecule has 19 heavy (non-hydrogen) atoms. The second kappa shape index (κ2) is 5.14. The van der Waals surface area contributed by atoms with E-state index in [2.05, 4.69) is 4.98 Å². The van der Waals surface area contributed by atoms with Crippen molar-refractivity contribution in [3.05, 3.63) is 39.7 Å². The molecule has 1 aromatic heterocycles. The van der Waals surface area contributed by atoms with Crippen molar-refractivity contribution in [3.63, 3.8) is 0 Å². The predicted octanol–water partition coefficient (Wildman–Crippen LogP) is 1.66. The number of fused-ring (bicyclic) bond motifs is 1. The van der Waals surface area contributed by atoms with Crippen LogP contribution in [-0.2, 0) is 11.3 Å². The molecule has 0 saturated carbocycles.